The summed E-state index contributed by atoms with van der Waals surface area (Å²) < 4.78 is 1.68. The van der Waals surface area contributed by atoms with Gasteiger partial charge in [0, 0.05) is 19.3 Å². The van der Waals surface area contributed by atoms with Crippen molar-refractivity contribution in [2.24, 2.45) is 0 Å². The van der Waals surface area contributed by atoms with Gasteiger partial charge in [-0.2, -0.15) is 5.10 Å². The maximum absolute atomic E-state index is 4.10. The Kier molecular flexibility index (Phi) is 4.98. The third-order valence-electron chi connectivity index (χ3n) is 1.68. The van der Waals surface area contributed by atoms with Crippen LogP contribution in [0, 0.1) is 0 Å². The van der Waals surface area contributed by atoms with Gasteiger partial charge in [0.25, 0.3) is 0 Å². The Balaban J connectivity index is 0.000000386. The number of anilines is 1. The van der Waals surface area contributed by atoms with Crippen LogP contribution in [0.1, 0.15) is 20.3 Å². The number of hydrogen-bond acceptors (Lipinski definition) is 4. The first-order valence-electron chi connectivity index (χ1n) is 5.30. The molecular formula is C11H17N5. The van der Waals surface area contributed by atoms with Crippen molar-refractivity contribution in [2.45, 2.75) is 20.3 Å². The molecule has 1 N–H and O–H groups in total. The molecule has 0 unspecified atom stereocenters. The predicted molar refractivity (Wildman–Crippen MR) is 64.7 cm³/mol. The second-order valence-electron chi connectivity index (χ2n) is 3.20. The molecule has 0 aliphatic rings. The molecule has 0 amide bonds. The molecule has 0 aliphatic heterocycles. The van der Waals surface area contributed by atoms with E-state index in [-0.39, 0.29) is 0 Å². The minimum atomic E-state index is 0.813. The minimum Gasteiger partial charge on any atom is -0.373 e. The van der Waals surface area contributed by atoms with Gasteiger partial charge in [0.2, 0.25) is 0 Å². The predicted octanol–water partition coefficient (Wildman–Crippen LogP) is 2.12. The van der Waals surface area contributed by atoms with Gasteiger partial charge in [0.05, 0.1) is 5.69 Å². The zero-order chi connectivity index (χ0) is 11.8. The van der Waals surface area contributed by atoms with Gasteiger partial charge in [0.15, 0.2) is 0 Å². The van der Waals surface area contributed by atoms with Crippen LogP contribution in [-0.4, -0.2) is 26.8 Å². The van der Waals surface area contributed by atoms with E-state index in [2.05, 4.69) is 34.2 Å². The number of nitrogens with one attached hydrogen (secondary N) is 1. The molecular weight excluding hydrogens is 202 g/mol. The Morgan fingerprint density at radius 3 is 2.69 bits per heavy atom. The molecule has 0 spiro atoms. The summed E-state index contributed by atoms with van der Waals surface area (Å²) in [6, 6.07) is 3.77. The second-order valence-corrected chi connectivity index (χ2v) is 3.20. The summed E-state index contributed by atoms with van der Waals surface area (Å²) in [5, 5.41) is 6.97. The van der Waals surface area contributed by atoms with Crippen molar-refractivity contribution in [3.05, 3.63) is 31.0 Å². The highest BCUT2D eigenvalue weighted by molar-refractivity contribution is 5.43. The van der Waals surface area contributed by atoms with E-state index in [1.54, 1.807) is 17.2 Å². The molecule has 2 aromatic heterocycles. The van der Waals surface area contributed by atoms with Crippen molar-refractivity contribution in [1.29, 1.82) is 0 Å². The summed E-state index contributed by atoms with van der Waals surface area (Å²) in [6.45, 7) is 4.25. The molecule has 0 saturated heterocycles. The Hall–Kier alpha value is -1.91. The number of hydrogen-bond donors (Lipinski definition) is 1. The summed E-state index contributed by atoms with van der Waals surface area (Å²) >= 11 is 0. The number of aromatic nitrogens is 4. The normalized spacial score (nSPS) is 9.19. The number of pyridine rings is 1. The van der Waals surface area contributed by atoms with Gasteiger partial charge in [-0.3, -0.25) is 0 Å². The lowest BCUT2D eigenvalue weighted by Gasteiger charge is -2.02. The van der Waals surface area contributed by atoms with E-state index in [4.69, 9.17) is 0 Å². The van der Waals surface area contributed by atoms with Crippen molar-refractivity contribution in [1.82, 2.24) is 19.7 Å². The molecule has 0 radical (unpaired) electrons. The van der Waals surface area contributed by atoms with E-state index in [1.807, 2.05) is 19.2 Å². The first-order valence-corrected chi connectivity index (χ1v) is 5.30. The van der Waals surface area contributed by atoms with E-state index in [0.717, 1.165) is 11.5 Å². The average molecular weight is 219 g/mol. The highest BCUT2D eigenvalue weighted by Gasteiger charge is 1.97. The second kappa shape index (κ2) is 6.55. The molecule has 0 bridgehead atoms. The third kappa shape index (κ3) is 3.34. The molecule has 0 saturated carbocycles. The number of rotatable bonds is 2. The molecule has 0 aromatic carbocycles. The van der Waals surface area contributed by atoms with Gasteiger partial charge in [-0.15, -0.1) is 0 Å². The zero-order valence-electron chi connectivity index (χ0n) is 9.88. The van der Waals surface area contributed by atoms with Crippen LogP contribution in [0.2, 0.25) is 0 Å². The fourth-order valence-corrected chi connectivity index (χ4v) is 1.04. The Bertz CT molecular complexity index is 397. The Morgan fingerprint density at radius 2 is 2.12 bits per heavy atom. The maximum Gasteiger partial charge on any atom is 0.138 e. The van der Waals surface area contributed by atoms with Crippen LogP contribution < -0.4 is 5.32 Å². The molecule has 5 nitrogen and oxygen atoms in total. The van der Waals surface area contributed by atoms with Crippen LogP contribution >= 0.6 is 0 Å². The quantitative estimate of drug-likeness (QED) is 0.840. The molecule has 0 atom stereocenters. The van der Waals surface area contributed by atoms with Gasteiger partial charge in [-0.25, -0.2) is 14.6 Å². The van der Waals surface area contributed by atoms with E-state index in [9.17, 15) is 0 Å². The maximum atomic E-state index is 4.10. The van der Waals surface area contributed by atoms with Crippen molar-refractivity contribution in [3.8, 4) is 5.69 Å². The van der Waals surface area contributed by atoms with Gasteiger partial charge >= 0.3 is 0 Å². The lowest BCUT2D eigenvalue weighted by Crippen LogP contribution is -1.97. The van der Waals surface area contributed by atoms with Crippen LogP contribution in [-0.2, 0) is 0 Å². The molecule has 86 valence electrons. The summed E-state index contributed by atoms with van der Waals surface area (Å²) in [6.07, 6.45) is 6.12. The first-order chi connectivity index (χ1) is 7.81. The van der Waals surface area contributed by atoms with Crippen LogP contribution in [0.15, 0.2) is 31.0 Å². The number of nitrogens with zero attached hydrogens (tertiary/aromatic N) is 4. The summed E-state index contributed by atoms with van der Waals surface area (Å²) in [4.78, 5) is 7.96. The SMILES string of the molecule is CCC.CNc1cc(-n2cncn2)ccn1. The molecule has 0 fully saturated rings. The molecule has 0 aliphatic carbocycles. The fourth-order valence-electron chi connectivity index (χ4n) is 1.04. The molecule has 2 rings (SSSR count). The molecule has 5 heteroatoms. The van der Waals surface area contributed by atoms with E-state index < -0.39 is 0 Å². The van der Waals surface area contributed by atoms with E-state index in [1.165, 1.54) is 12.7 Å². The van der Waals surface area contributed by atoms with E-state index >= 15 is 0 Å². The lowest BCUT2D eigenvalue weighted by molar-refractivity contribution is 0.876. The highest BCUT2D eigenvalue weighted by atomic mass is 15.3. The Labute approximate surface area is 95.6 Å². The van der Waals surface area contributed by atoms with E-state index in [0.29, 0.717) is 0 Å². The average Bonchev–Trinajstić information content (AvgIpc) is 2.84. The van der Waals surface area contributed by atoms with Gasteiger partial charge in [-0.1, -0.05) is 20.3 Å². The standard InChI is InChI=1S/C8H9N5.C3H8/c1-9-8-4-7(2-3-11-8)13-6-10-5-12-13;1-3-2/h2-6H,1H3,(H,9,11);3H2,1-2H3. The Morgan fingerprint density at radius 1 is 1.38 bits per heavy atom. The summed E-state index contributed by atoms with van der Waals surface area (Å²) in [7, 11) is 1.83. The third-order valence-corrected chi connectivity index (χ3v) is 1.68. The van der Waals surface area contributed by atoms with Crippen molar-refractivity contribution in [2.75, 3.05) is 12.4 Å². The van der Waals surface area contributed by atoms with Gasteiger partial charge in [-0.05, 0) is 6.07 Å². The van der Waals surface area contributed by atoms with Crippen molar-refractivity contribution >= 4 is 5.82 Å². The monoisotopic (exact) mass is 219 g/mol. The molecule has 2 aromatic rings. The van der Waals surface area contributed by atoms with Crippen molar-refractivity contribution < 1.29 is 0 Å². The summed E-state index contributed by atoms with van der Waals surface area (Å²) in [5.74, 6) is 0.813. The molecule has 16 heavy (non-hydrogen) atoms. The zero-order valence-corrected chi connectivity index (χ0v) is 9.88. The summed E-state index contributed by atoms with van der Waals surface area (Å²) in [5.41, 5.74) is 0.942. The highest BCUT2D eigenvalue weighted by Crippen LogP contribution is 2.08. The minimum absolute atomic E-state index is 0.813. The van der Waals surface area contributed by atoms with Crippen LogP contribution in [0.5, 0.6) is 0 Å². The molecule has 2 heterocycles. The smallest absolute Gasteiger partial charge is 0.138 e. The van der Waals surface area contributed by atoms with Crippen LogP contribution in [0.4, 0.5) is 5.82 Å². The topological polar surface area (TPSA) is 55.6 Å². The van der Waals surface area contributed by atoms with Crippen molar-refractivity contribution in [3.63, 3.8) is 0 Å². The lowest BCUT2D eigenvalue weighted by atomic mass is 10.4. The van der Waals surface area contributed by atoms with Gasteiger partial charge < -0.3 is 5.32 Å². The van der Waals surface area contributed by atoms with Crippen LogP contribution in [0.25, 0.3) is 5.69 Å². The largest absolute Gasteiger partial charge is 0.373 e. The van der Waals surface area contributed by atoms with Gasteiger partial charge in [0.1, 0.15) is 18.5 Å². The first kappa shape index (κ1) is 12.2. The fraction of sp³-hybridized carbons (Fsp3) is 0.364. The van der Waals surface area contributed by atoms with Crippen LogP contribution in [0.3, 0.4) is 0 Å².